The molecule has 0 bridgehead atoms. The first kappa shape index (κ1) is 54.4. The van der Waals surface area contributed by atoms with Crippen molar-refractivity contribution < 1.29 is 4.79 Å². The highest BCUT2D eigenvalue weighted by Crippen LogP contribution is 2.22. The van der Waals surface area contributed by atoms with Gasteiger partial charge in [0.1, 0.15) is 0 Å². The SMILES string of the molecule is CCCCC/C=C\C/C=C\CCCCCCCCC(CCCCCCCCC/C=C\C/C=C\CCCCCC)N(CCCN(C)C)C(=O)CCCCCCCC. The lowest BCUT2D eigenvalue weighted by Gasteiger charge is -2.33. The summed E-state index contributed by atoms with van der Waals surface area (Å²) in [6, 6.07) is 0.429. The first-order valence-electron chi connectivity index (χ1n) is 25.1. The molecule has 56 heavy (non-hydrogen) atoms. The molecule has 0 aromatic rings. The predicted octanol–water partition coefficient (Wildman–Crippen LogP) is 17.1. The molecule has 0 aromatic carbocycles. The molecule has 1 atom stereocenters. The van der Waals surface area contributed by atoms with E-state index in [0.717, 1.165) is 45.2 Å². The van der Waals surface area contributed by atoms with Crippen molar-refractivity contribution >= 4 is 5.91 Å². The van der Waals surface area contributed by atoms with Crippen molar-refractivity contribution in [3.05, 3.63) is 48.6 Å². The van der Waals surface area contributed by atoms with E-state index in [2.05, 4.69) is 93.3 Å². The lowest BCUT2D eigenvalue weighted by Crippen LogP contribution is -2.41. The molecule has 0 rings (SSSR count). The second-order valence-electron chi connectivity index (χ2n) is 17.4. The summed E-state index contributed by atoms with van der Waals surface area (Å²) >= 11 is 0. The number of hydrogen-bond donors (Lipinski definition) is 0. The standard InChI is InChI=1S/C53H100N2O/c1-6-9-12-15-18-20-22-24-26-28-29-31-33-35-37-39-41-44-48-52(55(51-46-50-54(4)5)53(56)49-45-42-17-14-11-8-3)47-43-40-38-36-34-32-30-27-25-23-21-19-16-13-10-7-2/h19-22,25-28,52H,6-18,23-24,29-51H2,1-5H3/b21-19-,22-20-,27-25-,28-26-. The monoisotopic (exact) mass is 781 g/mol. The summed E-state index contributed by atoms with van der Waals surface area (Å²) in [7, 11) is 4.33. The number of allylic oxidation sites excluding steroid dienone is 8. The average Bonchev–Trinajstić information content (AvgIpc) is 3.19. The van der Waals surface area contributed by atoms with Crippen LogP contribution in [0.4, 0.5) is 0 Å². The first-order chi connectivity index (χ1) is 27.6. The van der Waals surface area contributed by atoms with Gasteiger partial charge in [-0.05, 0) is 111 Å². The molecule has 3 heteroatoms. The van der Waals surface area contributed by atoms with Crippen LogP contribution in [-0.4, -0.2) is 48.9 Å². The van der Waals surface area contributed by atoms with Gasteiger partial charge in [-0.15, -0.1) is 0 Å². The van der Waals surface area contributed by atoms with E-state index in [0.29, 0.717) is 11.9 Å². The fraction of sp³-hybridized carbons (Fsp3) is 0.830. The minimum atomic E-state index is 0.429. The maximum absolute atomic E-state index is 13.8. The minimum absolute atomic E-state index is 0.429. The largest absolute Gasteiger partial charge is 0.340 e. The summed E-state index contributed by atoms with van der Waals surface area (Å²) < 4.78 is 0. The summed E-state index contributed by atoms with van der Waals surface area (Å²) in [4.78, 5) is 18.5. The Morgan fingerprint density at radius 1 is 0.393 bits per heavy atom. The van der Waals surface area contributed by atoms with Gasteiger partial charge in [0.05, 0.1) is 0 Å². The van der Waals surface area contributed by atoms with Crippen molar-refractivity contribution in [2.75, 3.05) is 27.2 Å². The number of rotatable bonds is 44. The van der Waals surface area contributed by atoms with Gasteiger partial charge in [-0.25, -0.2) is 0 Å². The van der Waals surface area contributed by atoms with Crippen LogP contribution in [0.25, 0.3) is 0 Å². The van der Waals surface area contributed by atoms with Gasteiger partial charge in [0, 0.05) is 19.0 Å². The fourth-order valence-corrected chi connectivity index (χ4v) is 7.81. The highest BCUT2D eigenvalue weighted by molar-refractivity contribution is 5.76. The van der Waals surface area contributed by atoms with Crippen molar-refractivity contribution in [3.8, 4) is 0 Å². The normalized spacial score (nSPS) is 12.8. The summed E-state index contributed by atoms with van der Waals surface area (Å²) in [5.41, 5.74) is 0. The molecule has 0 aliphatic carbocycles. The maximum atomic E-state index is 13.8. The van der Waals surface area contributed by atoms with Gasteiger partial charge in [0.25, 0.3) is 0 Å². The third kappa shape index (κ3) is 40.6. The molecule has 0 aliphatic rings. The molecule has 0 aromatic heterocycles. The van der Waals surface area contributed by atoms with E-state index >= 15 is 0 Å². The van der Waals surface area contributed by atoms with Gasteiger partial charge in [-0.1, -0.05) is 204 Å². The number of carbonyl (C=O) groups is 1. The van der Waals surface area contributed by atoms with E-state index in [9.17, 15) is 4.79 Å². The summed E-state index contributed by atoms with van der Waals surface area (Å²) in [6.45, 7) is 8.82. The Bertz CT molecular complexity index is 901. The molecular formula is C53H100N2O. The Balaban J connectivity index is 4.68. The zero-order valence-electron chi connectivity index (χ0n) is 38.9. The van der Waals surface area contributed by atoms with E-state index in [1.54, 1.807) is 0 Å². The Morgan fingerprint density at radius 3 is 1.16 bits per heavy atom. The second kappa shape index (κ2) is 46.1. The van der Waals surface area contributed by atoms with Gasteiger partial charge in [-0.2, -0.15) is 0 Å². The summed E-state index contributed by atoms with van der Waals surface area (Å²) in [5.74, 6) is 0.441. The van der Waals surface area contributed by atoms with Crippen molar-refractivity contribution in [2.24, 2.45) is 0 Å². The van der Waals surface area contributed by atoms with Crippen LogP contribution >= 0.6 is 0 Å². The number of hydrogen-bond acceptors (Lipinski definition) is 2. The molecule has 0 N–H and O–H groups in total. The van der Waals surface area contributed by atoms with Gasteiger partial charge in [-0.3, -0.25) is 4.79 Å². The number of unbranched alkanes of at least 4 members (excludes halogenated alkanes) is 25. The lowest BCUT2D eigenvalue weighted by atomic mass is 9.97. The highest BCUT2D eigenvalue weighted by Gasteiger charge is 2.22. The Labute approximate surface area is 353 Å². The maximum Gasteiger partial charge on any atom is 0.222 e. The molecular weight excluding hydrogens is 681 g/mol. The van der Waals surface area contributed by atoms with Crippen LogP contribution in [0.5, 0.6) is 0 Å². The Hall–Kier alpha value is -1.61. The lowest BCUT2D eigenvalue weighted by molar-refractivity contribution is -0.134. The van der Waals surface area contributed by atoms with E-state index in [1.165, 1.54) is 199 Å². The summed E-state index contributed by atoms with van der Waals surface area (Å²) in [5, 5.41) is 0. The molecule has 328 valence electrons. The van der Waals surface area contributed by atoms with E-state index in [4.69, 9.17) is 0 Å². The minimum Gasteiger partial charge on any atom is -0.340 e. The second-order valence-corrected chi connectivity index (χ2v) is 17.4. The molecule has 0 saturated heterocycles. The van der Waals surface area contributed by atoms with Crippen LogP contribution in [0.1, 0.15) is 252 Å². The zero-order valence-corrected chi connectivity index (χ0v) is 38.9. The molecule has 3 nitrogen and oxygen atoms in total. The molecule has 0 fully saturated rings. The van der Waals surface area contributed by atoms with Crippen LogP contribution < -0.4 is 0 Å². The van der Waals surface area contributed by atoms with Gasteiger partial charge in [0.15, 0.2) is 0 Å². The number of amides is 1. The Kier molecular flexibility index (Phi) is 44.8. The van der Waals surface area contributed by atoms with Gasteiger partial charge < -0.3 is 9.80 Å². The van der Waals surface area contributed by atoms with E-state index in [-0.39, 0.29) is 0 Å². The van der Waals surface area contributed by atoms with Gasteiger partial charge >= 0.3 is 0 Å². The Morgan fingerprint density at radius 2 is 0.732 bits per heavy atom. The molecule has 0 saturated carbocycles. The topological polar surface area (TPSA) is 23.6 Å². The van der Waals surface area contributed by atoms with Crippen LogP contribution in [0.3, 0.4) is 0 Å². The molecule has 0 spiro atoms. The number of carbonyl (C=O) groups excluding carboxylic acids is 1. The third-order valence-corrected chi connectivity index (χ3v) is 11.5. The summed E-state index contributed by atoms with van der Waals surface area (Å²) in [6.07, 6.45) is 64.5. The van der Waals surface area contributed by atoms with E-state index in [1.807, 2.05) is 0 Å². The van der Waals surface area contributed by atoms with Crippen molar-refractivity contribution in [1.82, 2.24) is 9.80 Å². The molecule has 1 amide bonds. The predicted molar refractivity (Wildman–Crippen MR) is 254 cm³/mol. The zero-order chi connectivity index (χ0) is 40.8. The molecule has 0 aliphatic heterocycles. The molecule has 0 radical (unpaired) electrons. The fourth-order valence-electron chi connectivity index (χ4n) is 7.81. The van der Waals surface area contributed by atoms with Crippen LogP contribution in [-0.2, 0) is 4.79 Å². The number of nitrogens with zero attached hydrogens (tertiary/aromatic N) is 2. The van der Waals surface area contributed by atoms with Crippen molar-refractivity contribution in [2.45, 2.75) is 258 Å². The van der Waals surface area contributed by atoms with Crippen LogP contribution in [0.2, 0.25) is 0 Å². The smallest absolute Gasteiger partial charge is 0.222 e. The molecule has 1 unspecified atom stereocenters. The average molecular weight is 781 g/mol. The van der Waals surface area contributed by atoms with Crippen molar-refractivity contribution in [3.63, 3.8) is 0 Å². The van der Waals surface area contributed by atoms with Gasteiger partial charge in [0.2, 0.25) is 5.91 Å². The van der Waals surface area contributed by atoms with Crippen LogP contribution in [0, 0.1) is 0 Å². The van der Waals surface area contributed by atoms with Crippen LogP contribution in [0.15, 0.2) is 48.6 Å². The quantitative estimate of drug-likeness (QED) is 0.0454. The third-order valence-electron chi connectivity index (χ3n) is 11.5. The van der Waals surface area contributed by atoms with E-state index < -0.39 is 0 Å². The highest BCUT2D eigenvalue weighted by atomic mass is 16.2. The first-order valence-corrected chi connectivity index (χ1v) is 25.1. The molecule has 0 heterocycles. The van der Waals surface area contributed by atoms with Crippen molar-refractivity contribution in [1.29, 1.82) is 0 Å².